The lowest BCUT2D eigenvalue weighted by atomic mass is 10.3. The Morgan fingerprint density at radius 2 is 2.09 bits per heavy atom. The molecule has 0 radical (unpaired) electrons. The van der Waals surface area contributed by atoms with Gasteiger partial charge in [-0.05, 0) is 6.07 Å². The number of ether oxygens (including phenoxy) is 1. The van der Waals surface area contributed by atoms with Gasteiger partial charge in [-0.2, -0.15) is 13.2 Å². The smallest absolute Gasteiger partial charge is 0.433 e. The van der Waals surface area contributed by atoms with Crippen molar-refractivity contribution in [2.24, 2.45) is 0 Å². The Hall–Kier alpha value is -2.09. The second kappa shape index (κ2) is 6.19. The van der Waals surface area contributed by atoms with Gasteiger partial charge in [0.2, 0.25) is 5.95 Å². The number of anilines is 1. The molecule has 0 saturated carbocycles. The van der Waals surface area contributed by atoms with Crippen LogP contribution in [0.5, 0.6) is 5.75 Å². The zero-order valence-corrected chi connectivity index (χ0v) is 12.6. The van der Waals surface area contributed by atoms with E-state index in [9.17, 15) is 13.2 Å². The summed E-state index contributed by atoms with van der Waals surface area (Å²) in [5.74, 6) is 0.547. The molecule has 0 bridgehead atoms. The highest BCUT2D eigenvalue weighted by Gasteiger charge is 2.34. The van der Waals surface area contributed by atoms with E-state index in [1.54, 1.807) is 17.2 Å². The summed E-state index contributed by atoms with van der Waals surface area (Å²) in [6, 6.07) is 2.50. The molecule has 2 aromatic rings. The molecule has 0 aromatic carbocycles. The molecule has 3 rings (SSSR count). The van der Waals surface area contributed by atoms with Gasteiger partial charge in [0.05, 0.1) is 6.54 Å². The SMILES string of the molecule is FC(F)(F)c1ccnc(N2CCC(Oc3ccncc3Cl)C2)n1. The van der Waals surface area contributed by atoms with Crippen LogP contribution in [0.1, 0.15) is 12.1 Å². The van der Waals surface area contributed by atoms with E-state index < -0.39 is 11.9 Å². The predicted molar refractivity (Wildman–Crippen MR) is 77.5 cm³/mol. The van der Waals surface area contributed by atoms with Crippen molar-refractivity contribution in [3.8, 4) is 5.75 Å². The van der Waals surface area contributed by atoms with E-state index in [0.29, 0.717) is 30.3 Å². The number of rotatable bonds is 3. The first kappa shape index (κ1) is 15.8. The standard InChI is InChI=1S/C14H12ClF3N4O/c15-10-7-19-4-1-11(10)23-9-3-6-22(8-9)13-20-5-2-12(21-13)14(16,17)18/h1-2,4-5,7,9H,3,6,8H2. The van der Waals surface area contributed by atoms with Crippen LogP contribution in [-0.4, -0.2) is 34.1 Å². The molecule has 1 aliphatic heterocycles. The second-order valence-corrected chi connectivity index (χ2v) is 5.43. The second-order valence-electron chi connectivity index (χ2n) is 5.02. The number of pyridine rings is 1. The molecule has 23 heavy (non-hydrogen) atoms. The summed E-state index contributed by atoms with van der Waals surface area (Å²) in [5.41, 5.74) is -0.955. The maximum absolute atomic E-state index is 12.7. The maximum atomic E-state index is 12.7. The first-order chi connectivity index (χ1) is 10.9. The van der Waals surface area contributed by atoms with Gasteiger partial charge in [-0.1, -0.05) is 11.6 Å². The summed E-state index contributed by atoms with van der Waals surface area (Å²) in [4.78, 5) is 13.0. The van der Waals surface area contributed by atoms with Gasteiger partial charge in [0.25, 0.3) is 0 Å². The number of nitrogens with zero attached hydrogens (tertiary/aromatic N) is 4. The van der Waals surface area contributed by atoms with Gasteiger partial charge in [-0.3, -0.25) is 4.98 Å². The van der Waals surface area contributed by atoms with Crippen molar-refractivity contribution in [2.45, 2.75) is 18.7 Å². The van der Waals surface area contributed by atoms with Crippen molar-refractivity contribution < 1.29 is 17.9 Å². The number of alkyl halides is 3. The van der Waals surface area contributed by atoms with Crippen LogP contribution < -0.4 is 9.64 Å². The molecule has 2 aromatic heterocycles. The van der Waals surface area contributed by atoms with E-state index in [0.717, 1.165) is 12.3 Å². The van der Waals surface area contributed by atoms with E-state index in [1.165, 1.54) is 6.20 Å². The Kier molecular flexibility index (Phi) is 4.25. The third-order valence-electron chi connectivity index (χ3n) is 3.39. The Balaban J connectivity index is 1.69. The van der Waals surface area contributed by atoms with Crippen molar-refractivity contribution in [1.29, 1.82) is 0 Å². The third kappa shape index (κ3) is 3.64. The van der Waals surface area contributed by atoms with Gasteiger partial charge in [-0.25, -0.2) is 9.97 Å². The van der Waals surface area contributed by atoms with Gasteiger partial charge < -0.3 is 9.64 Å². The molecule has 0 spiro atoms. The van der Waals surface area contributed by atoms with Gasteiger partial charge in [0, 0.05) is 37.6 Å². The minimum atomic E-state index is -4.49. The van der Waals surface area contributed by atoms with Crippen LogP contribution in [0.4, 0.5) is 19.1 Å². The molecule has 5 nitrogen and oxygen atoms in total. The summed E-state index contributed by atoms with van der Waals surface area (Å²) in [5, 5.41) is 0.390. The van der Waals surface area contributed by atoms with Gasteiger partial charge in [0.15, 0.2) is 0 Å². The fourth-order valence-electron chi connectivity index (χ4n) is 2.30. The zero-order valence-electron chi connectivity index (χ0n) is 11.8. The lowest BCUT2D eigenvalue weighted by Crippen LogP contribution is -2.26. The van der Waals surface area contributed by atoms with Gasteiger partial charge in [0.1, 0.15) is 22.6 Å². The quantitative estimate of drug-likeness (QED) is 0.856. The summed E-state index contributed by atoms with van der Waals surface area (Å²) < 4.78 is 43.9. The van der Waals surface area contributed by atoms with Gasteiger partial charge in [-0.15, -0.1) is 0 Å². The summed E-state index contributed by atoms with van der Waals surface area (Å²) in [7, 11) is 0. The van der Waals surface area contributed by atoms with E-state index in [-0.39, 0.29) is 12.1 Å². The molecule has 122 valence electrons. The average molecular weight is 345 g/mol. The van der Waals surface area contributed by atoms with Crippen LogP contribution in [0, 0.1) is 0 Å². The molecule has 0 N–H and O–H groups in total. The van der Waals surface area contributed by atoms with E-state index in [4.69, 9.17) is 16.3 Å². The molecular weight excluding hydrogens is 333 g/mol. The molecule has 0 aliphatic carbocycles. The monoisotopic (exact) mass is 344 g/mol. The van der Waals surface area contributed by atoms with E-state index in [1.807, 2.05) is 0 Å². The fraction of sp³-hybridized carbons (Fsp3) is 0.357. The van der Waals surface area contributed by atoms with Crippen LogP contribution in [-0.2, 0) is 6.18 Å². The summed E-state index contributed by atoms with van der Waals surface area (Å²) in [6.45, 7) is 0.897. The molecule has 1 saturated heterocycles. The lowest BCUT2D eigenvalue weighted by molar-refractivity contribution is -0.141. The number of hydrogen-bond donors (Lipinski definition) is 0. The molecule has 3 heterocycles. The average Bonchev–Trinajstić information content (AvgIpc) is 2.98. The normalized spacial score (nSPS) is 18.3. The predicted octanol–water partition coefficient (Wildman–Crippen LogP) is 3.20. The van der Waals surface area contributed by atoms with Gasteiger partial charge >= 0.3 is 6.18 Å². The van der Waals surface area contributed by atoms with Crippen LogP contribution >= 0.6 is 11.6 Å². The molecule has 0 amide bonds. The van der Waals surface area contributed by atoms with Crippen molar-refractivity contribution in [3.05, 3.63) is 41.4 Å². The molecule has 1 atom stereocenters. The topological polar surface area (TPSA) is 51.1 Å². The van der Waals surface area contributed by atoms with Crippen LogP contribution in [0.2, 0.25) is 5.02 Å². The minimum Gasteiger partial charge on any atom is -0.487 e. The van der Waals surface area contributed by atoms with Crippen LogP contribution in [0.25, 0.3) is 0 Å². The highest BCUT2D eigenvalue weighted by Crippen LogP contribution is 2.30. The molecule has 1 unspecified atom stereocenters. The van der Waals surface area contributed by atoms with Crippen molar-refractivity contribution in [1.82, 2.24) is 15.0 Å². The highest BCUT2D eigenvalue weighted by atomic mass is 35.5. The van der Waals surface area contributed by atoms with Crippen LogP contribution in [0.15, 0.2) is 30.7 Å². The minimum absolute atomic E-state index is 0.0479. The number of aromatic nitrogens is 3. The maximum Gasteiger partial charge on any atom is 0.433 e. The molecule has 9 heteroatoms. The van der Waals surface area contributed by atoms with Crippen molar-refractivity contribution >= 4 is 17.5 Å². The fourth-order valence-corrected chi connectivity index (χ4v) is 2.47. The van der Waals surface area contributed by atoms with Crippen molar-refractivity contribution in [2.75, 3.05) is 18.0 Å². The van der Waals surface area contributed by atoms with Crippen molar-refractivity contribution in [3.63, 3.8) is 0 Å². The number of hydrogen-bond acceptors (Lipinski definition) is 5. The molecule has 1 fully saturated rings. The number of halogens is 4. The van der Waals surface area contributed by atoms with Crippen LogP contribution in [0.3, 0.4) is 0 Å². The third-order valence-corrected chi connectivity index (χ3v) is 3.67. The Bertz CT molecular complexity index is 698. The first-order valence-corrected chi connectivity index (χ1v) is 7.22. The highest BCUT2D eigenvalue weighted by molar-refractivity contribution is 6.31. The first-order valence-electron chi connectivity index (χ1n) is 6.85. The zero-order chi connectivity index (χ0) is 16.4. The Labute approximate surface area is 135 Å². The Morgan fingerprint density at radius 3 is 2.83 bits per heavy atom. The Morgan fingerprint density at radius 1 is 1.26 bits per heavy atom. The summed E-state index contributed by atoms with van der Waals surface area (Å²) >= 11 is 5.98. The molecular formula is C14H12ClF3N4O. The molecule has 1 aliphatic rings. The lowest BCUT2D eigenvalue weighted by Gasteiger charge is -2.18. The van der Waals surface area contributed by atoms with E-state index in [2.05, 4.69) is 15.0 Å². The summed E-state index contributed by atoms with van der Waals surface area (Å²) in [6.07, 6.45) is 0.0894. The largest absolute Gasteiger partial charge is 0.487 e. The van der Waals surface area contributed by atoms with E-state index >= 15 is 0 Å².